The lowest BCUT2D eigenvalue weighted by atomic mass is 9.87. The van der Waals surface area contributed by atoms with Crippen LogP contribution in [0.25, 0.3) is 22.3 Å². The normalized spacial score (nSPS) is 15.0. The van der Waals surface area contributed by atoms with Crippen LogP contribution in [0.4, 0.5) is 4.79 Å². The van der Waals surface area contributed by atoms with Gasteiger partial charge in [0.05, 0.1) is 43.9 Å². The number of amides is 1. The Hall–Kier alpha value is -3.76. The number of hydrogen-bond acceptors (Lipinski definition) is 9. The zero-order valence-corrected chi connectivity index (χ0v) is 25.2. The summed E-state index contributed by atoms with van der Waals surface area (Å²) in [5.41, 5.74) is 0.213. The minimum absolute atomic E-state index is 0.0645. The molecule has 40 heavy (non-hydrogen) atoms. The highest BCUT2D eigenvalue weighted by Gasteiger charge is 2.49. The Morgan fingerprint density at radius 1 is 1.20 bits per heavy atom. The van der Waals surface area contributed by atoms with E-state index in [1.807, 2.05) is 16.8 Å². The highest BCUT2D eigenvalue weighted by Crippen LogP contribution is 2.37. The quantitative estimate of drug-likeness (QED) is 0.211. The molecule has 0 bridgehead atoms. The lowest BCUT2D eigenvalue weighted by molar-refractivity contribution is -0.0315. The third kappa shape index (κ3) is 6.18. The standard InChI is InChI=1S/C27H37N7O5Si/c1-26(2,3)39-25(36)33-15-27(16-33,9-10-28)34-14-20(22(31-34)24(35)37-4)21-19-8-11-32(23(19)30-17-29-21)18-38-12-13-40(5,6)7/h8,11,14,17H,9,12-13,15-16,18H2,1-7H3. The van der Waals surface area contributed by atoms with Crippen molar-refractivity contribution in [2.45, 2.75) is 70.7 Å². The molecule has 0 atom stereocenters. The number of rotatable bonds is 9. The molecule has 1 amide bonds. The fraction of sp³-hybridized carbons (Fsp3) is 0.556. The maximum Gasteiger partial charge on any atom is 0.410 e. The lowest BCUT2D eigenvalue weighted by Gasteiger charge is -2.48. The van der Waals surface area contributed by atoms with Gasteiger partial charge in [-0.05, 0) is 32.9 Å². The highest BCUT2D eigenvalue weighted by atomic mass is 28.3. The second-order valence-corrected chi connectivity index (χ2v) is 17.9. The van der Waals surface area contributed by atoms with Crippen LogP contribution < -0.4 is 0 Å². The molecule has 13 heteroatoms. The maximum absolute atomic E-state index is 12.8. The molecular formula is C27H37N7O5Si. The van der Waals surface area contributed by atoms with Gasteiger partial charge in [-0.2, -0.15) is 10.4 Å². The SMILES string of the molecule is COC(=O)c1nn(C2(CC#N)CN(C(=O)OC(C)(C)C)C2)cc1-c1ncnc2c1ccn2COCC[Si](C)(C)C. The molecule has 0 N–H and O–H groups in total. The number of nitrogens with zero attached hydrogens (tertiary/aromatic N) is 7. The van der Waals surface area contributed by atoms with Crippen molar-refractivity contribution in [2.75, 3.05) is 26.8 Å². The van der Waals surface area contributed by atoms with Crippen LogP contribution in [0.5, 0.6) is 0 Å². The van der Waals surface area contributed by atoms with Gasteiger partial charge in [0.1, 0.15) is 29.8 Å². The summed E-state index contributed by atoms with van der Waals surface area (Å²) in [7, 11) is 0.0776. The first kappa shape index (κ1) is 29.2. The summed E-state index contributed by atoms with van der Waals surface area (Å²) in [5.74, 6) is -0.634. The second-order valence-electron chi connectivity index (χ2n) is 12.3. The van der Waals surface area contributed by atoms with Gasteiger partial charge in [0.2, 0.25) is 0 Å². The summed E-state index contributed by atoms with van der Waals surface area (Å²) < 4.78 is 19.9. The molecule has 0 aromatic carbocycles. The lowest BCUT2D eigenvalue weighted by Crippen LogP contribution is -2.64. The molecule has 0 spiro atoms. The van der Waals surface area contributed by atoms with Gasteiger partial charge in [-0.15, -0.1) is 0 Å². The summed E-state index contributed by atoms with van der Waals surface area (Å²) in [6.45, 7) is 13.7. The van der Waals surface area contributed by atoms with E-state index in [0.29, 0.717) is 30.2 Å². The molecule has 12 nitrogen and oxygen atoms in total. The predicted octanol–water partition coefficient (Wildman–Crippen LogP) is 4.25. The van der Waals surface area contributed by atoms with Crippen LogP contribution in [0, 0.1) is 11.3 Å². The van der Waals surface area contributed by atoms with Crippen molar-refractivity contribution in [2.24, 2.45) is 0 Å². The number of hydrogen-bond donors (Lipinski definition) is 0. The fourth-order valence-electron chi connectivity index (χ4n) is 4.51. The fourth-order valence-corrected chi connectivity index (χ4v) is 5.26. The van der Waals surface area contributed by atoms with Crippen molar-refractivity contribution in [3.63, 3.8) is 0 Å². The zero-order chi connectivity index (χ0) is 29.3. The van der Waals surface area contributed by atoms with Crippen LogP contribution in [0.1, 0.15) is 37.7 Å². The van der Waals surface area contributed by atoms with Crippen LogP contribution in [-0.4, -0.2) is 81.8 Å². The minimum Gasteiger partial charge on any atom is -0.464 e. The number of methoxy groups -OCH3 is 1. The molecule has 0 unspecified atom stereocenters. The Bertz CT molecular complexity index is 1440. The molecule has 4 rings (SSSR count). The largest absolute Gasteiger partial charge is 0.464 e. The van der Waals surface area contributed by atoms with Crippen molar-refractivity contribution in [3.05, 3.63) is 30.5 Å². The van der Waals surface area contributed by atoms with Crippen molar-refractivity contribution in [1.29, 1.82) is 5.26 Å². The number of likely N-dealkylation sites (tertiary alicyclic amines) is 1. The van der Waals surface area contributed by atoms with E-state index in [2.05, 4.69) is 40.8 Å². The van der Waals surface area contributed by atoms with Gasteiger partial charge in [0, 0.05) is 32.5 Å². The number of carbonyl (C=O) groups excluding carboxylic acids is 2. The first-order valence-electron chi connectivity index (χ1n) is 13.2. The minimum atomic E-state index is -1.21. The molecule has 0 radical (unpaired) electrons. The number of aromatic nitrogens is 5. The molecule has 214 valence electrons. The predicted molar refractivity (Wildman–Crippen MR) is 150 cm³/mol. The zero-order valence-electron chi connectivity index (χ0n) is 24.2. The number of ether oxygens (including phenoxy) is 3. The maximum atomic E-state index is 12.8. The molecule has 0 saturated carbocycles. The second kappa shape index (κ2) is 11.0. The van der Waals surface area contributed by atoms with Crippen LogP contribution >= 0.6 is 0 Å². The van der Waals surface area contributed by atoms with Crippen molar-refractivity contribution in [3.8, 4) is 17.3 Å². The summed E-state index contributed by atoms with van der Waals surface area (Å²) in [4.78, 5) is 35.9. The molecule has 0 aliphatic carbocycles. The smallest absolute Gasteiger partial charge is 0.410 e. The van der Waals surface area contributed by atoms with Gasteiger partial charge in [-0.1, -0.05) is 19.6 Å². The third-order valence-corrected chi connectivity index (χ3v) is 8.35. The molecule has 1 aliphatic heterocycles. The van der Waals surface area contributed by atoms with E-state index in [0.717, 1.165) is 11.4 Å². The number of fused-ring (bicyclic) bond motifs is 1. The Morgan fingerprint density at radius 3 is 2.55 bits per heavy atom. The highest BCUT2D eigenvalue weighted by molar-refractivity contribution is 6.76. The average Bonchev–Trinajstić information content (AvgIpc) is 3.46. The van der Waals surface area contributed by atoms with Crippen molar-refractivity contribution in [1.82, 2.24) is 29.2 Å². The monoisotopic (exact) mass is 567 g/mol. The molecular weight excluding hydrogens is 530 g/mol. The van der Waals surface area contributed by atoms with Crippen LogP contribution in [-0.2, 0) is 26.5 Å². The Kier molecular flexibility index (Phi) is 8.05. The molecule has 1 saturated heterocycles. The Labute approximate surface area is 234 Å². The molecule has 3 aromatic rings. The van der Waals surface area contributed by atoms with Crippen LogP contribution in [0.3, 0.4) is 0 Å². The molecule has 1 aliphatic rings. The van der Waals surface area contributed by atoms with E-state index in [1.54, 1.807) is 31.6 Å². The van der Waals surface area contributed by atoms with Crippen LogP contribution in [0.15, 0.2) is 24.8 Å². The van der Waals surface area contributed by atoms with Gasteiger partial charge >= 0.3 is 12.1 Å². The van der Waals surface area contributed by atoms with Crippen molar-refractivity contribution < 1.29 is 23.8 Å². The first-order valence-corrected chi connectivity index (χ1v) is 16.9. The van der Waals surface area contributed by atoms with Gasteiger partial charge in [-0.25, -0.2) is 19.6 Å². The van der Waals surface area contributed by atoms with Gasteiger partial charge in [0.15, 0.2) is 5.69 Å². The molecule has 3 aromatic heterocycles. The summed E-state index contributed by atoms with van der Waals surface area (Å²) in [6.07, 6.45) is 4.62. The van der Waals surface area contributed by atoms with Gasteiger partial charge in [0.25, 0.3) is 0 Å². The summed E-state index contributed by atoms with van der Waals surface area (Å²) in [5, 5.41) is 14.9. The van der Waals surface area contributed by atoms with Gasteiger partial charge in [-0.3, -0.25) is 4.68 Å². The van der Waals surface area contributed by atoms with E-state index in [4.69, 9.17) is 14.2 Å². The van der Waals surface area contributed by atoms with Crippen molar-refractivity contribution >= 4 is 31.2 Å². The van der Waals surface area contributed by atoms with Crippen LogP contribution in [0.2, 0.25) is 25.7 Å². The molecule has 4 heterocycles. The van der Waals surface area contributed by atoms with E-state index < -0.39 is 31.3 Å². The topological polar surface area (TPSA) is 137 Å². The Morgan fingerprint density at radius 2 is 1.93 bits per heavy atom. The van der Waals surface area contributed by atoms with E-state index in [1.165, 1.54) is 18.3 Å². The first-order chi connectivity index (χ1) is 18.8. The van der Waals surface area contributed by atoms with E-state index in [-0.39, 0.29) is 25.2 Å². The third-order valence-electron chi connectivity index (χ3n) is 6.65. The summed E-state index contributed by atoms with van der Waals surface area (Å²) in [6, 6.07) is 5.14. The van der Waals surface area contributed by atoms with E-state index >= 15 is 0 Å². The Balaban J connectivity index is 1.66. The number of esters is 1. The molecule has 1 fully saturated rings. The van der Waals surface area contributed by atoms with Gasteiger partial charge < -0.3 is 23.7 Å². The van der Waals surface area contributed by atoms with E-state index in [9.17, 15) is 14.9 Å². The number of nitriles is 1. The summed E-state index contributed by atoms with van der Waals surface area (Å²) >= 11 is 0. The average molecular weight is 568 g/mol. The number of carbonyl (C=O) groups is 2.